The van der Waals surface area contributed by atoms with Crippen molar-refractivity contribution in [2.24, 2.45) is 10.1 Å². The predicted octanol–water partition coefficient (Wildman–Crippen LogP) is 4.64. The van der Waals surface area contributed by atoms with Gasteiger partial charge in [-0.2, -0.15) is 0 Å². The van der Waals surface area contributed by atoms with Crippen molar-refractivity contribution < 1.29 is 17.6 Å². The Bertz CT molecular complexity index is 1390. The van der Waals surface area contributed by atoms with Crippen molar-refractivity contribution in [3.63, 3.8) is 0 Å². The quantitative estimate of drug-likeness (QED) is 0.500. The molecule has 0 atom stereocenters. The molecule has 0 saturated heterocycles. The largest absolute Gasteiger partial charge is 0.497 e. The van der Waals surface area contributed by atoms with Gasteiger partial charge in [0.25, 0.3) is 0 Å². The first-order valence-corrected chi connectivity index (χ1v) is 10.8. The van der Waals surface area contributed by atoms with Crippen molar-refractivity contribution in [3.05, 3.63) is 83.2 Å². The number of primary sulfonamides is 1. The molecule has 0 aliphatic heterocycles. The molecule has 0 aliphatic carbocycles. The Morgan fingerprint density at radius 2 is 1.67 bits per heavy atom. The van der Waals surface area contributed by atoms with Crippen LogP contribution in [-0.2, 0) is 10.0 Å². The van der Waals surface area contributed by atoms with Crippen LogP contribution in [-0.4, -0.2) is 15.5 Å². The highest BCUT2D eigenvalue weighted by Crippen LogP contribution is 2.26. The van der Waals surface area contributed by atoms with E-state index in [1.807, 2.05) is 36.4 Å². The number of fused-ring (bicyclic) bond motifs is 1. The van der Waals surface area contributed by atoms with Gasteiger partial charge in [0.2, 0.25) is 10.0 Å². The van der Waals surface area contributed by atoms with Crippen LogP contribution in [0.1, 0.15) is 0 Å². The van der Waals surface area contributed by atoms with Gasteiger partial charge < -0.3 is 9.15 Å². The maximum atomic E-state index is 11.5. The van der Waals surface area contributed by atoms with E-state index < -0.39 is 10.0 Å². The van der Waals surface area contributed by atoms with Crippen molar-refractivity contribution in [1.29, 1.82) is 0 Å². The minimum atomic E-state index is -3.77. The molecule has 1 aromatic heterocycles. The first-order chi connectivity index (χ1) is 14.3. The van der Waals surface area contributed by atoms with Crippen LogP contribution in [0.4, 0.5) is 5.69 Å². The molecule has 3 aromatic carbocycles. The van der Waals surface area contributed by atoms with E-state index in [2.05, 4.69) is 0 Å². The van der Waals surface area contributed by atoms with Crippen LogP contribution in [0.3, 0.4) is 0 Å². The lowest BCUT2D eigenvalue weighted by molar-refractivity contribution is 0.415. The zero-order valence-electron chi connectivity index (χ0n) is 15.9. The summed E-state index contributed by atoms with van der Waals surface area (Å²) in [6.45, 7) is 0. The van der Waals surface area contributed by atoms with Gasteiger partial charge in [-0.25, -0.2) is 18.5 Å². The molecular formula is C22H17ClN2O4S. The number of methoxy groups -OCH3 is 1. The van der Waals surface area contributed by atoms with E-state index in [1.165, 1.54) is 12.1 Å². The Kier molecular flexibility index (Phi) is 5.34. The summed E-state index contributed by atoms with van der Waals surface area (Å²) >= 11 is 6.00. The third kappa shape index (κ3) is 4.23. The number of hydrogen-bond donors (Lipinski definition) is 1. The second kappa shape index (κ2) is 7.95. The van der Waals surface area contributed by atoms with Gasteiger partial charge in [-0.05, 0) is 66.7 Å². The molecule has 0 aliphatic rings. The maximum absolute atomic E-state index is 11.5. The Balaban J connectivity index is 1.93. The number of benzene rings is 3. The molecule has 0 amide bonds. The molecule has 0 saturated carbocycles. The zero-order chi connectivity index (χ0) is 21.3. The molecule has 0 fully saturated rings. The number of hydrogen-bond acceptors (Lipinski definition) is 5. The van der Waals surface area contributed by atoms with Crippen LogP contribution in [0.5, 0.6) is 5.75 Å². The van der Waals surface area contributed by atoms with E-state index in [0.29, 0.717) is 33.2 Å². The van der Waals surface area contributed by atoms with Crippen LogP contribution in [0, 0.1) is 0 Å². The Labute approximate surface area is 178 Å². The fraction of sp³-hybridized carbons (Fsp3) is 0.0455. The Hall–Kier alpha value is -3.13. The van der Waals surface area contributed by atoms with Crippen LogP contribution in [0.2, 0.25) is 5.02 Å². The molecule has 4 rings (SSSR count). The van der Waals surface area contributed by atoms with Crippen molar-refractivity contribution >= 4 is 38.3 Å². The summed E-state index contributed by atoms with van der Waals surface area (Å²) in [5, 5.41) is 7.19. The number of sulfonamides is 1. The van der Waals surface area contributed by atoms with Crippen LogP contribution in [0.15, 0.2) is 87.1 Å². The van der Waals surface area contributed by atoms with Gasteiger partial charge in [-0.1, -0.05) is 11.6 Å². The molecule has 0 radical (unpaired) electrons. The summed E-state index contributed by atoms with van der Waals surface area (Å²) in [5.74, 6) is 1.28. The van der Waals surface area contributed by atoms with Crippen molar-refractivity contribution in [1.82, 2.24) is 0 Å². The molecule has 4 aromatic rings. The SMILES string of the molecule is COc1ccc2oc(-c3ccc(Cl)cc3)cc(=Nc3ccc(S(N)(=O)=O)cc3)c2c1. The van der Waals surface area contributed by atoms with Gasteiger partial charge in [0.15, 0.2) is 0 Å². The van der Waals surface area contributed by atoms with E-state index in [9.17, 15) is 8.42 Å². The van der Waals surface area contributed by atoms with Crippen LogP contribution >= 0.6 is 11.6 Å². The van der Waals surface area contributed by atoms with Crippen LogP contribution in [0.25, 0.3) is 22.3 Å². The fourth-order valence-corrected chi connectivity index (χ4v) is 3.61. The minimum absolute atomic E-state index is 0.0258. The smallest absolute Gasteiger partial charge is 0.238 e. The van der Waals surface area contributed by atoms with E-state index in [4.69, 9.17) is 30.9 Å². The molecular weight excluding hydrogens is 424 g/mol. The van der Waals surface area contributed by atoms with E-state index in [0.717, 1.165) is 10.9 Å². The average molecular weight is 441 g/mol. The zero-order valence-corrected chi connectivity index (χ0v) is 17.4. The first-order valence-electron chi connectivity index (χ1n) is 8.89. The van der Waals surface area contributed by atoms with Gasteiger partial charge in [-0.15, -0.1) is 0 Å². The Morgan fingerprint density at radius 3 is 2.30 bits per heavy atom. The van der Waals surface area contributed by atoms with Crippen molar-refractivity contribution in [3.8, 4) is 17.1 Å². The van der Waals surface area contributed by atoms with Crippen molar-refractivity contribution in [2.45, 2.75) is 4.90 Å². The summed E-state index contributed by atoms with van der Waals surface area (Å²) in [4.78, 5) is 4.72. The minimum Gasteiger partial charge on any atom is -0.497 e. The summed E-state index contributed by atoms with van der Waals surface area (Å²) in [6, 6.07) is 20.6. The molecule has 1 heterocycles. The number of ether oxygens (including phenoxy) is 1. The lowest BCUT2D eigenvalue weighted by Crippen LogP contribution is -2.11. The van der Waals surface area contributed by atoms with Crippen LogP contribution < -0.4 is 15.2 Å². The molecule has 0 unspecified atom stereocenters. The highest BCUT2D eigenvalue weighted by molar-refractivity contribution is 7.89. The Morgan fingerprint density at radius 1 is 0.967 bits per heavy atom. The van der Waals surface area contributed by atoms with Crippen molar-refractivity contribution in [2.75, 3.05) is 7.11 Å². The summed E-state index contributed by atoms with van der Waals surface area (Å²) in [7, 11) is -2.18. The molecule has 152 valence electrons. The standard InChI is InChI=1S/C22H17ClN2O4S/c1-28-17-8-11-21-19(12-17)20(13-22(29-21)14-2-4-15(23)5-3-14)25-16-6-9-18(10-7-16)30(24,26)27/h2-13H,1H3,(H2,24,26,27). The number of halogens is 1. The highest BCUT2D eigenvalue weighted by atomic mass is 35.5. The number of rotatable bonds is 4. The average Bonchev–Trinajstić information content (AvgIpc) is 2.73. The number of nitrogens with two attached hydrogens (primary N) is 1. The second-order valence-corrected chi connectivity index (χ2v) is 8.51. The highest BCUT2D eigenvalue weighted by Gasteiger charge is 2.09. The van der Waals surface area contributed by atoms with E-state index in [-0.39, 0.29) is 4.90 Å². The second-order valence-electron chi connectivity index (χ2n) is 6.52. The summed E-state index contributed by atoms with van der Waals surface area (Å²) < 4.78 is 34.4. The first kappa shape index (κ1) is 20.2. The molecule has 6 nitrogen and oxygen atoms in total. The molecule has 0 spiro atoms. The molecule has 8 heteroatoms. The lowest BCUT2D eigenvalue weighted by Gasteiger charge is -2.07. The van der Waals surface area contributed by atoms with Gasteiger partial charge in [-0.3, -0.25) is 0 Å². The summed E-state index contributed by atoms with van der Waals surface area (Å²) in [6.07, 6.45) is 0. The lowest BCUT2D eigenvalue weighted by atomic mass is 10.1. The van der Waals surface area contributed by atoms with Gasteiger partial charge in [0, 0.05) is 22.0 Å². The summed E-state index contributed by atoms with van der Waals surface area (Å²) in [5.41, 5.74) is 2.04. The molecule has 2 N–H and O–H groups in total. The molecule has 30 heavy (non-hydrogen) atoms. The van der Waals surface area contributed by atoms with Gasteiger partial charge >= 0.3 is 0 Å². The monoisotopic (exact) mass is 440 g/mol. The van der Waals surface area contributed by atoms with Gasteiger partial charge in [0.1, 0.15) is 17.1 Å². The van der Waals surface area contributed by atoms with Gasteiger partial charge in [0.05, 0.1) is 23.0 Å². The predicted molar refractivity (Wildman–Crippen MR) is 116 cm³/mol. The third-order valence-electron chi connectivity index (χ3n) is 4.49. The normalized spacial score (nSPS) is 12.3. The topological polar surface area (TPSA) is 94.9 Å². The fourth-order valence-electron chi connectivity index (χ4n) is 2.97. The van der Waals surface area contributed by atoms with E-state index >= 15 is 0 Å². The molecule has 0 bridgehead atoms. The number of nitrogens with zero attached hydrogens (tertiary/aromatic N) is 1. The third-order valence-corrected chi connectivity index (χ3v) is 5.68. The maximum Gasteiger partial charge on any atom is 0.238 e. The van der Waals surface area contributed by atoms with E-state index in [1.54, 1.807) is 31.4 Å².